The van der Waals surface area contributed by atoms with E-state index in [1.165, 1.54) is 38.6 Å². The van der Waals surface area contributed by atoms with Crippen LogP contribution in [0.3, 0.4) is 0 Å². The van der Waals surface area contributed by atoms with E-state index in [4.69, 9.17) is 23.4 Å². The molecule has 0 spiro atoms. The van der Waals surface area contributed by atoms with Crippen LogP contribution in [0.4, 0.5) is 5.69 Å². The Bertz CT molecular complexity index is 916. The zero-order valence-corrected chi connectivity index (χ0v) is 17.5. The summed E-state index contributed by atoms with van der Waals surface area (Å²) in [7, 11) is 4.39. The van der Waals surface area contributed by atoms with E-state index in [-0.39, 0.29) is 11.7 Å². The lowest BCUT2D eigenvalue weighted by Gasteiger charge is -2.22. The second kappa shape index (κ2) is 9.88. The van der Waals surface area contributed by atoms with E-state index in [0.717, 1.165) is 0 Å². The van der Waals surface area contributed by atoms with Gasteiger partial charge in [-0.05, 0) is 25.0 Å². The quantitative estimate of drug-likeness (QED) is 0.631. The largest absolute Gasteiger partial charge is 0.493 e. The second-order valence-corrected chi connectivity index (χ2v) is 6.70. The van der Waals surface area contributed by atoms with Crippen LogP contribution < -0.4 is 19.5 Å². The van der Waals surface area contributed by atoms with Gasteiger partial charge in [0.05, 0.1) is 27.6 Å². The van der Waals surface area contributed by atoms with Crippen LogP contribution in [0.5, 0.6) is 17.2 Å². The summed E-state index contributed by atoms with van der Waals surface area (Å²) in [5, 5.41) is 2.62. The van der Waals surface area contributed by atoms with Crippen molar-refractivity contribution in [3.05, 3.63) is 36.3 Å². The van der Waals surface area contributed by atoms with Crippen molar-refractivity contribution in [1.29, 1.82) is 0 Å². The van der Waals surface area contributed by atoms with Crippen LogP contribution in [0.1, 0.15) is 23.4 Å². The number of amides is 2. The molecule has 1 aliphatic rings. The van der Waals surface area contributed by atoms with Crippen molar-refractivity contribution >= 4 is 23.5 Å². The Morgan fingerprint density at radius 3 is 2.42 bits per heavy atom. The maximum atomic E-state index is 12.5. The molecular weight excluding hydrogens is 408 g/mol. The smallest absolute Gasteiger partial charge is 0.329 e. The van der Waals surface area contributed by atoms with Gasteiger partial charge in [-0.3, -0.25) is 9.59 Å². The number of furan rings is 1. The van der Waals surface area contributed by atoms with Gasteiger partial charge >= 0.3 is 5.97 Å². The molecule has 1 unspecified atom stereocenters. The fraction of sp³-hybridized carbons (Fsp3) is 0.381. The van der Waals surface area contributed by atoms with Crippen LogP contribution in [-0.2, 0) is 14.3 Å². The Morgan fingerprint density at radius 1 is 1.13 bits per heavy atom. The van der Waals surface area contributed by atoms with Crippen LogP contribution in [0.15, 0.2) is 34.9 Å². The summed E-state index contributed by atoms with van der Waals surface area (Å²) in [6, 6.07) is 5.49. The highest BCUT2D eigenvalue weighted by molar-refractivity contribution is 5.96. The van der Waals surface area contributed by atoms with Crippen molar-refractivity contribution in [1.82, 2.24) is 4.90 Å². The van der Waals surface area contributed by atoms with Gasteiger partial charge in [-0.15, -0.1) is 0 Å². The average Bonchev–Trinajstić information content (AvgIpc) is 3.48. The molecule has 1 aliphatic heterocycles. The molecule has 1 saturated heterocycles. The highest BCUT2D eigenvalue weighted by Crippen LogP contribution is 2.39. The number of nitrogens with zero attached hydrogens (tertiary/aromatic N) is 1. The van der Waals surface area contributed by atoms with Crippen LogP contribution in [-0.4, -0.2) is 63.2 Å². The van der Waals surface area contributed by atoms with Crippen molar-refractivity contribution in [2.75, 3.05) is 39.8 Å². The average molecular weight is 432 g/mol. The molecule has 0 bridgehead atoms. The number of ether oxygens (including phenoxy) is 4. The Hall–Kier alpha value is -3.69. The van der Waals surface area contributed by atoms with E-state index < -0.39 is 24.5 Å². The van der Waals surface area contributed by atoms with Gasteiger partial charge in [0.25, 0.3) is 11.8 Å². The molecule has 1 N–H and O–H groups in total. The molecule has 1 fully saturated rings. The lowest BCUT2D eigenvalue weighted by Crippen LogP contribution is -2.42. The molecule has 2 aromatic rings. The topological polar surface area (TPSA) is 117 Å². The van der Waals surface area contributed by atoms with Crippen molar-refractivity contribution < 1.29 is 37.7 Å². The molecule has 0 aliphatic carbocycles. The third-order valence-corrected chi connectivity index (χ3v) is 4.81. The van der Waals surface area contributed by atoms with Crippen LogP contribution in [0.25, 0.3) is 0 Å². The summed E-state index contributed by atoms with van der Waals surface area (Å²) in [4.78, 5) is 38.7. The third kappa shape index (κ3) is 4.90. The molecule has 10 nitrogen and oxygen atoms in total. The molecule has 2 amide bonds. The zero-order chi connectivity index (χ0) is 22.4. The van der Waals surface area contributed by atoms with E-state index in [9.17, 15) is 14.4 Å². The van der Waals surface area contributed by atoms with Gasteiger partial charge in [-0.25, -0.2) is 4.79 Å². The van der Waals surface area contributed by atoms with Crippen molar-refractivity contribution in [3.8, 4) is 17.2 Å². The Labute approximate surface area is 179 Å². The number of hydrogen-bond acceptors (Lipinski definition) is 8. The molecule has 1 atom stereocenters. The van der Waals surface area contributed by atoms with E-state index >= 15 is 0 Å². The summed E-state index contributed by atoms with van der Waals surface area (Å²) >= 11 is 0. The minimum absolute atomic E-state index is 0.153. The van der Waals surface area contributed by atoms with Gasteiger partial charge in [0, 0.05) is 24.4 Å². The molecular formula is C21H24N2O8. The number of methoxy groups -OCH3 is 3. The maximum Gasteiger partial charge on any atom is 0.329 e. The van der Waals surface area contributed by atoms with Gasteiger partial charge in [-0.1, -0.05) is 0 Å². The van der Waals surface area contributed by atoms with E-state index in [1.807, 2.05) is 0 Å². The number of esters is 1. The van der Waals surface area contributed by atoms with Crippen LogP contribution >= 0.6 is 0 Å². The first-order chi connectivity index (χ1) is 15.0. The SMILES string of the molecule is COc1cc(NC(=O)COC(=O)C2CCCN2C(=O)c2ccco2)cc(OC)c1OC. The Balaban J connectivity index is 1.59. The van der Waals surface area contributed by atoms with Gasteiger partial charge in [0.15, 0.2) is 23.9 Å². The summed E-state index contributed by atoms with van der Waals surface area (Å²) in [5.74, 6) is -0.301. The van der Waals surface area contributed by atoms with Crippen molar-refractivity contribution in [2.24, 2.45) is 0 Å². The number of likely N-dealkylation sites (tertiary alicyclic amines) is 1. The summed E-state index contributed by atoms with van der Waals surface area (Å²) in [6.45, 7) is -0.0916. The molecule has 10 heteroatoms. The second-order valence-electron chi connectivity index (χ2n) is 6.70. The fourth-order valence-corrected chi connectivity index (χ4v) is 3.38. The highest BCUT2D eigenvalue weighted by atomic mass is 16.5. The number of benzene rings is 1. The normalized spacial score (nSPS) is 15.3. The van der Waals surface area contributed by atoms with Gasteiger partial charge in [0.2, 0.25) is 5.75 Å². The monoisotopic (exact) mass is 432 g/mol. The Morgan fingerprint density at radius 2 is 1.84 bits per heavy atom. The predicted molar refractivity (Wildman–Crippen MR) is 108 cm³/mol. The number of rotatable bonds is 8. The summed E-state index contributed by atoms with van der Waals surface area (Å²) < 4.78 is 26.0. The number of carbonyl (C=O) groups is 3. The van der Waals surface area contributed by atoms with Gasteiger partial charge in [-0.2, -0.15) is 0 Å². The molecule has 3 rings (SSSR count). The molecule has 0 saturated carbocycles. The Kier molecular flexibility index (Phi) is 7.01. The van der Waals surface area contributed by atoms with Crippen molar-refractivity contribution in [3.63, 3.8) is 0 Å². The number of nitrogens with one attached hydrogen (secondary N) is 1. The first kappa shape index (κ1) is 22.0. The lowest BCUT2D eigenvalue weighted by molar-refractivity contribution is -0.151. The highest BCUT2D eigenvalue weighted by Gasteiger charge is 2.36. The molecule has 2 heterocycles. The van der Waals surface area contributed by atoms with E-state index in [0.29, 0.717) is 42.3 Å². The summed E-state index contributed by atoms with van der Waals surface area (Å²) in [5.41, 5.74) is 0.381. The summed E-state index contributed by atoms with van der Waals surface area (Å²) in [6.07, 6.45) is 2.51. The maximum absolute atomic E-state index is 12.5. The minimum Gasteiger partial charge on any atom is -0.493 e. The third-order valence-electron chi connectivity index (χ3n) is 4.81. The standard InChI is InChI=1S/C21H24N2O8/c1-27-16-10-13(11-17(28-2)19(16)29-3)22-18(24)12-31-21(26)14-6-4-8-23(14)20(25)15-7-5-9-30-15/h5,7,9-11,14H,4,6,8,12H2,1-3H3,(H,22,24). The molecule has 1 aromatic heterocycles. The van der Waals surface area contributed by atoms with E-state index in [2.05, 4.69) is 5.32 Å². The first-order valence-corrected chi connectivity index (χ1v) is 9.59. The predicted octanol–water partition coefficient (Wildman–Crippen LogP) is 2.09. The number of anilines is 1. The van der Waals surface area contributed by atoms with Gasteiger partial charge in [0.1, 0.15) is 6.04 Å². The molecule has 166 valence electrons. The minimum atomic E-state index is -0.758. The van der Waals surface area contributed by atoms with Gasteiger partial charge < -0.3 is 33.6 Å². The van der Waals surface area contributed by atoms with Crippen LogP contribution in [0.2, 0.25) is 0 Å². The van der Waals surface area contributed by atoms with E-state index in [1.54, 1.807) is 18.2 Å². The number of carbonyl (C=O) groups excluding carboxylic acids is 3. The molecule has 0 radical (unpaired) electrons. The number of hydrogen-bond donors (Lipinski definition) is 1. The first-order valence-electron chi connectivity index (χ1n) is 9.59. The molecule has 31 heavy (non-hydrogen) atoms. The van der Waals surface area contributed by atoms with Crippen LogP contribution in [0, 0.1) is 0 Å². The fourth-order valence-electron chi connectivity index (χ4n) is 3.38. The molecule has 1 aromatic carbocycles. The lowest BCUT2D eigenvalue weighted by atomic mass is 10.2. The van der Waals surface area contributed by atoms with Crippen molar-refractivity contribution in [2.45, 2.75) is 18.9 Å². The zero-order valence-electron chi connectivity index (χ0n) is 17.5.